The van der Waals surface area contributed by atoms with Gasteiger partial charge in [0.25, 0.3) is 0 Å². The summed E-state index contributed by atoms with van der Waals surface area (Å²) in [6.45, 7) is 6.76. The van der Waals surface area contributed by atoms with Crippen LogP contribution in [0.2, 0.25) is 10.0 Å². The van der Waals surface area contributed by atoms with Gasteiger partial charge in [-0.25, -0.2) is 9.67 Å². The molecule has 6 nitrogen and oxygen atoms in total. The third-order valence-corrected chi connectivity index (χ3v) is 5.06. The molecule has 0 fully saturated rings. The first-order chi connectivity index (χ1) is 12.7. The van der Waals surface area contributed by atoms with Crippen molar-refractivity contribution in [3.05, 3.63) is 56.6 Å². The second-order valence-electron chi connectivity index (χ2n) is 6.37. The van der Waals surface area contributed by atoms with Gasteiger partial charge in [-0.05, 0) is 51.5 Å². The largest absolute Gasteiger partial charge is 0.355 e. The van der Waals surface area contributed by atoms with Crippen molar-refractivity contribution in [2.24, 2.45) is 0 Å². The zero-order chi connectivity index (χ0) is 19.9. The molecule has 1 N–H and O–H groups in total. The van der Waals surface area contributed by atoms with Gasteiger partial charge in [0.1, 0.15) is 12.4 Å². The average molecular weight is 405 g/mol. The molecular formula is C19H18Cl2N4O2. The van der Waals surface area contributed by atoms with E-state index in [1.807, 2.05) is 0 Å². The van der Waals surface area contributed by atoms with Crippen molar-refractivity contribution in [3.63, 3.8) is 0 Å². The van der Waals surface area contributed by atoms with Crippen molar-refractivity contribution in [3.8, 4) is 11.4 Å². The first kappa shape index (κ1) is 19.3. The molecule has 3 aromatic rings. The number of nitrogens with zero attached hydrogens (tertiary/aromatic N) is 3. The minimum Gasteiger partial charge on any atom is -0.355 e. The Kier molecular flexibility index (Phi) is 5.22. The number of H-pyrrole nitrogens is 1. The Morgan fingerprint density at radius 1 is 1.15 bits per heavy atom. The van der Waals surface area contributed by atoms with Gasteiger partial charge >= 0.3 is 0 Å². The minimum absolute atomic E-state index is 0.0193. The third-order valence-electron chi connectivity index (χ3n) is 4.32. The van der Waals surface area contributed by atoms with E-state index in [9.17, 15) is 9.59 Å². The number of aryl methyl sites for hydroxylation is 2. The molecule has 0 unspecified atom stereocenters. The Morgan fingerprint density at radius 2 is 1.85 bits per heavy atom. The maximum atomic E-state index is 12.9. The van der Waals surface area contributed by atoms with Crippen LogP contribution in [-0.2, 0) is 6.54 Å². The van der Waals surface area contributed by atoms with E-state index >= 15 is 0 Å². The zero-order valence-electron chi connectivity index (χ0n) is 15.4. The van der Waals surface area contributed by atoms with Crippen LogP contribution in [0.25, 0.3) is 11.4 Å². The molecule has 0 atom stereocenters. The fourth-order valence-electron chi connectivity index (χ4n) is 3.19. The molecule has 0 bridgehead atoms. The molecule has 0 aliphatic rings. The molecule has 140 valence electrons. The number of nitrogens with one attached hydrogen (secondary N) is 1. The van der Waals surface area contributed by atoms with Crippen LogP contribution in [0.4, 0.5) is 0 Å². The van der Waals surface area contributed by atoms with Crippen LogP contribution >= 0.6 is 23.2 Å². The Hall–Kier alpha value is -2.44. The van der Waals surface area contributed by atoms with Gasteiger partial charge in [-0.1, -0.05) is 23.2 Å². The van der Waals surface area contributed by atoms with E-state index in [1.165, 1.54) is 11.6 Å². The van der Waals surface area contributed by atoms with Crippen LogP contribution in [0.5, 0.6) is 0 Å². The van der Waals surface area contributed by atoms with Crippen LogP contribution in [0, 0.1) is 20.8 Å². The van der Waals surface area contributed by atoms with Crippen molar-refractivity contribution in [1.29, 1.82) is 0 Å². The average Bonchev–Trinajstić information content (AvgIpc) is 3.09. The summed E-state index contributed by atoms with van der Waals surface area (Å²) in [7, 11) is 0. The minimum atomic E-state index is -0.186. The molecule has 0 radical (unpaired) electrons. The van der Waals surface area contributed by atoms with E-state index in [-0.39, 0.29) is 18.1 Å². The highest BCUT2D eigenvalue weighted by molar-refractivity contribution is 6.42. The topological polar surface area (TPSA) is 80.6 Å². The standard InChI is InChI=1S/C19H18Cl2N4O2/c1-9-17(11(3)26)10(2)22-18(9)16(27)8-25-19(23-12(4)24-25)13-5-6-14(20)15(21)7-13/h5-7,22H,8H2,1-4H3. The van der Waals surface area contributed by atoms with Gasteiger partial charge in [0.05, 0.1) is 15.7 Å². The summed E-state index contributed by atoms with van der Waals surface area (Å²) in [6.07, 6.45) is 0. The maximum Gasteiger partial charge on any atom is 0.200 e. The first-order valence-electron chi connectivity index (χ1n) is 8.29. The Bertz CT molecular complexity index is 1070. The number of benzene rings is 1. The molecule has 27 heavy (non-hydrogen) atoms. The van der Waals surface area contributed by atoms with Gasteiger partial charge in [-0.2, -0.15) is 5.10 Å². The highest BCUT2D eigenvalue weighted by Crippen LogP contribution is 2.28. The van der Waals surface area contributed by atoms with Crippen LogP contribution in [-0.4, -0.2) is 31.3 Å². The number of aromatic amines is 1. The number of carbonyl (C=O) groups excluding carboxylic acids is 2. The van der Waals surface area contributed by atoms with E-state index in [4.69, 9.17) is 23.2 Å². The molecule has 0 aliphatic heterocycles. The molecule has 0 aliphatic carbocycles. The SMILES string of the molecule is CC(=O)c1c(C)[nH]c(C(=O)Cn2nc(C)nc2-c2ccc(Cl)c(Cl)c2)c1C. The fourth-order valence-corrected chi connectivity index (χ4v) is 3.48. The Balaban J connectivity index is 1.97. The van der Waals surface area contributed by atoms with E-state index in [1.54, 1.807) is 39.0 Å². The van der Waals surface area contributed by atoms with Crippen LogP contribution in [0.1, 0.15) is 44.9 Å². The van der Waals surface area contributed by atoms with Crippen LogP contribution < -0.4 is 0 Å². The molecule has 2 aromatic heterocycles. The monoisotopic (exact) mass is 404 g/mol. The number of rotatable bonds is 5. The van der Waals surface area contributed by atoms with Crippen molar-refractivity contribution in [1.82, 2.24) is 19.7 Å². The van der Waals surface area contributed by atoms with Gasteiger partial charge in [0.15, 0.2) is 11.6 Å². The lowest BCUT2D eigenvalue weighted by Crippen LogP contribution is -2.14. The summed E-state index contributed by atoms with van der Waals surface area (Å²) >= 11 is 12.1. The molecule has 0 spiro atoms. The van der Waals surface area contributed by atoms with Crippen LogP contribution in [0.15, 0.2) is 18.2 Å². The number of aromatic nitrogens is 4. The molecule has 2 heterocycles. The number of hydrogen-bond acceptors (Lipinski definition) is 4. The molecule has 0 amide bonds. The summed E-state index contributed by atoms with van der Waals surface area (Å²) in [5.41, 5.74) is 3.01. The number of ketones is 2. The third kappa shape index (κ3) is 3.68. The van der Waals surface area contributed by atoms with E-state index in [0.717, 1.165) is 0 Å². The second kappa shape index (κ2) is 7.29. The van der Waals surface area contributed by atoms with Gasteiger partial charge in [-0.15, -0.1) is 0 Å². The summed E-state index contributed by atoms with van der Waals surface area (Å²) < 4.78 is 1.53. The lowest BCUT2D eigenvalue weighted by molar-refractivity contribution is 0.0963. The predicted molar refractivity (Wildman–Crippen MR) is 105 cm³/mol. The van der Waals surface area contributed by atoms with E-state index in [2.05, 4.69) is 15.1 Å². The van der Waals surface area contributed by atoms with E-state index < -0.39 is 0 Å². The highest BCUT2D eigenvalue weighted by Gasteiger charge is 2.22. The smallest absolute Gasteiger partial charge is 0.200 e. The number of Topliss-reactive ketones (excluding diaryl/α,β-unsaturated/α-hetero) is 2. The van der Waals surface area contributed by atoms with E-state index in [0.29, 0.717) is 49.8 Å². The van der Waals surface area contributed by atoms with Crippen molar-refractivity contribution in [2.45, 2.75) is 34.2 Å². The quantitative estimate of drug-likeness (QED) is 0.630. The number of hydrogen-bond donors (Lipinski definition) is 1. The van der Waals surface area contributed by atoms with Crippen LogP contribution in [0.3, 0.4) is 0 Å². The molecule has 8 heteroatoms. The number of carbonyl (C=O) groups is 2. The maximum absolute atomic E-state index is 12.9. The molecule has 3 rings (SSSR count). The Morgan fingerprint density at radius 3 is 2.44 bits per heavy atom. The number of halogens is 2. The Labute approximate surface area is 166 Å². The first-order valence-corrected chi connectivity index (χ1v) is 9.04. The summed E-state index contributed by atoms with van der Waals surface area (Å²) in [4.78, 5) is 32.1. The lowest BCUT2D eigenvalue weighted by atomic mass is 10.1. The summed E-state index contributed by atoms with van der Waals surface area (Å²) in [5.74, 6) is 0.794. The van der Waals surface area contributed by atoms with Crippen molar-refractivity contribution < 1.29 is 9.59 Å². The zero-order valence-corrected chi connectivity index (χ0v) is 16.9. The molecule has 0 saturated heterocycles. The fraction of sp³-hybridized carbons (Fsp3) is 0.263. The second-order valence-corrected chi connectivity index (χ2v) is 7.19. The predicted octanol–water partition coefficient (Wildman–Crippen LogP) is 4.59. The van der Waals surface area contributed by atoms with Gasteiger partial charge < -0.3 is 4.98 Å². The van der Waals surface area contributed by atoms with Gasteiger partial charge in [0, 0.05) is 16.8 Å². The summed E-state index contributed by atoms with van der Waals surface area (Å²) in [5, 5.41) is 5.16. The van der Waals surface area contributed by atoms with Crippen molar-refractivity contribution >= 4 is 34.8 Å². The highest BCUT2D eigenvalue weighted by atomic mass is 35.5. The van der Waals surface area contributed by atoms with Crippen molar-refractivity contribution in [2.75, 3.05) is 0 Å². The van der Waals surface area contributed by atoms with Gasteiger partial charge in [-0.3, -0.25) is 9.59 Å². The normalized spacial score (nSPS) is 11.0. The van der Waals surface area contributed by atoms with Gasteiger partial charge in [0.2, 0.25) is 5.78 Å². The molecule has 0 saturated carbocycles. The molecular weight excluding hydrogens is 387 g/mol. The summed E-state index contributed by atoms with van der Waals surface area (Å²) in [6, 6.07) is 5.13. The lowest BCUT2D eigenvalue weighted by Gasteiger charge is -2.07. The molecule has 1 aromatic carbocycles.